The molecule has 1 amide bonds. The van der Waals surface area contributed by atoms with Gasteiger partial charge in [-0.2, -0.15) is 0 Å². The minimum Gasteiger partial charge on any atom is -0.366 e. The standard InChI is InChI=1S/C26H38B2N6O/c27-26(28)12-17-33(22-10-15-32(16-11-22)21-4-1-2-5-21)18-19-34(26)24-7-3-6-23(31-24)25(35)30-20-8-13-29-14-9-20/h3,6-9,13-14,21-22H,1-2,4-5,10-12,15-19,27-28H2,(H,29,30,35). The molecule has 0 aromatic carbocycles. The largest absolute Gasteiger partial charge is 0.366 e. The molecule has 3 fully saturated rings. The van der Waals surface area contributed by atoms with Crippen LogP contribution >= 0.6 is 0 Å². The fourth-order valence-corrected chi connectivity index (χ4v) is 6.20. The Morgan fingerprint density at radius 1 is 0.886 bits per heavy atom. The van der Waals surface area contributed by atoms with Crippen molar-refractivity contribution in [1.29, 1.82) is 0 Å². The Labute approximate surface area is 211 Å². The molecule has 0 atom stereocenters. The molecule has 9 heteroatoms. The molecule has 0 bridgehead atoms. The number of nitrogens with zero attached hydrogens (tertiary/aromatic N) is 5. The summed E-state index contributed by atoms with van der Waals surface area (Å²) in [5, 5.41) is 2.90. The number of likely N-dealkylation sites (tertiary alicyclic amines) is 1. The number of rotatable bonds is 5. The zero-order valence-electron chi connectivity index (χ0n) is 21.3. The number of piperidine rings is 1. The summed E-state index contributed by atoms with van der Waals surface area (Å²) in [6, 6.07) is 10.9. The first-order valence-electron chi connectivity index (χ1n) is 13.4. The smallest absolute Gasteiger partial charge is 0.274 e. The lowest BCUT2D eigenvalue weighted by Crippen LogP contribution is -2.51. The van der Waals surface area contributed by atoms with E-state index in [0.717, 1.165) is 43.6 Å². The van der Waals surface area contributed by atoms with Gasteiger partial charge in [0.1, 0.15) is 27.2 Å². The highest BCUT2D eigenvalue weighted by atomic mass is 16.1. The third-order valence-corrected chi connectivity index (χ3v) is 8.39. The highest BCUT2D eigenvalue weighted by molar-refractivity contribution is 6.41. The van der Waals surface area contributed by atoms with Gasteiger partial charge in [0, 0.05) is 43.3 Å². The van der Waals surface area contributed by atoms with E-state index in [2.05, 4.69) is 40.7 Å². The Morgan fingerprint density at radius 3 is 2.31 bits per heavy atom. The molecule has 2 saturated heterocycles. The molecule has 0 spiro atoms. The summed E-state index contributed by atoms with van der Waals surface area (Å²) in [5.41, 5.74) is 1.16. The van der Waals surface area contributed by atoms with Crippen molar-refractivity contribution in [3.63, 3.8) is 0 Å². The topological polar surface area (TPSA) is 64.6 Å². The number of carbonyl (C=O) groups is 1. The van der Waals surface area contributed by atoms with Crippen molar-refractivity contribution in [3.05, 3.63) is 48.4 Å². The average molecular weight is 472 g/mol. The van der Waals surface area contributed by atoms with Crippen molar-refractivity contribution < 1.29 is 4.79 Å². The summed E-state index contributed by atoms with van der Waals surface area (Å²) in [4.78, 5) is 29.5. The maximum atomic E-state index is 12.8. The molecule has 2 aliphatic heterocycles. The van der Waals surface area contributed by atoms with Gasteiger partial charge in [-0.15, -0.1) is 0 Å². The van der Waals surface area contributed by atoms with Gasteiger partial charge in [-0.1, -0.05) is 18.9 Å². The molecule has 2 aromatic rings. The number of nitrogens with one attached hydrogen (secondary N) is 1. The van der Waals surface area contributed by atoms with Crippen molar-refractivity contribution in [2.24, 2.45) is 0 Å². The van der Waals surface area contributed by atoms with Crippen LogP contribution in [0, 0.1) is 0 Å². The summed E-state index contributed by atoms with van der Waals surface area (Å²) in [5.74, 6) is 0.691. The minimum absolute atomic E-state index is 0.0213. The third kappa shape index (κ3) is 5.72. The lowest BCUT2D eigenvalue weighted by Gasteiger charge is -2.40. The van der Waals surface area contributed by atoms with Crippen molar-refractivity contribution in [1.82, 2.24) is 19.8 Å². The Kier molecular flexibility index (Phi) is 7.44. The van der Waals surface area contributed by atoms with Crippen molar-refractivity contribution >= 4 is 33.1 Å². The highest BCUT2D eigenvalue weighted by Gasteiger charge is 2.35. The van der Waals surface area contributed by atoms with Crippen molar-refractivity contribution in [2.75, 3.05) is 42.9 Å². The van der Waals surface area contributed by atoms with Gasteiger partial charge in [-0.05, 0) is 81.3 Å². The van der Waals surface area contributed by atoms with Crippen LogP contribution in [0.15, 0.2) is 42.7 Å². The first kappa shape index (κ1) is 24.3. The van der Waals surface area contributed by atoms with Crippen LogP contribution in [0.1, 0.15) is 55.4 Å². The van der Waals surface area contributed by atoms with Crippen molar-refractivity contribution in [3.8, 4) is 0 Å². The Morgan fingerprint density at radius 2 is 1.57 bits per heavy atom. The van der Waals surface area contributed by atoms with Gasteiger partial charge < -0.3 is 15.1 Å². The van der Waals surface area contributed by atoms with E-state index in [0.29, 0.717) is 11.7 Å². The first-order chi connectivity index (χ1) is 17.0. The second-order valence-corrected chi connectivity index (χ2v) is 11.0. The molecule has 184 valence electrons. The fourth-order valence-electron chi connectivity index (χ4n) is 6.20. The van der Waals surface area contributed by atoms with Gasteiger partial charge in [0.2, 0.25) is 0 Å². The fraction of sp³-hybridized carbons (Fsp3) is 0.577. The monoisotopic (exact) mass is 472 g/mol. The second kappa shape index (κ2) is 10.7. The van der Waals surface area contributed by atoms with Gasteiger partial charge in [0.15, 0.2) is 0 Å². The molecule has 0 unspecified atom stereocenters. The highest BCUT2D eigenvalue weighted by Crippen LogP contribution is 2.30. The van der Waals surface area contributed by atoms with Gasteiger partial charge in [0.05, 0.1) is 0 Å². The summed E-state index contributed by atoms with van der Waals surface area (Å²) >= 11 is 0. The van der Waals surface area contributed by atoms with E-state index in [4.69, 9.17) is 4.98 Å². The van der Waals surface area contributed by atoms with E-state index in [1.807, 2.05) is 12.1 Å². The number of pyridine rings is 2. The molecule has 1 N–H and O–H groups in total. The molecule has 0 radical (unpaired) electrons. The molecule has 4 heterocycles. The average Bonchev–Trinajstić information content (AvgIpc) is 3.36. The SMILES string of the molecule is BC1(B)CCN(C2CCN(C3CCCC3)CC2)CCN1c1cccc(C(=O)Nc2ccncc2)n1. The molecule has 2 aromatic heterocycles. The number of amides is 1. The molecule has 7 nitrogen and oxygen atoms in total. The van der Waals surface area contributed by atoms with Crippen LogP contribution < -0.4 is 10.2 Å². The van der Waals surface area contributed by atoms with Crippen LogP contribution in [-0.2, 0) is 0 Å². The zero-order chi connectivity index (χ0) is 24.3. The molecular weight excluding hydrogens is 434 g/mol. The number of anilines is 2. The summed E-state index contributed by atoms with van der Waals surface area (Å²) in [6.45, 7) is 5.62. The molecule has 5 rings (SSSR count). The van der Waals surface area contributed by atoms with E-state index in [1.54, 1.807) is 30.6 Å². The van der Waals surface area contributed by atoms with Crippen LogP contribution in [-0.4, -0.2) is 91.5 Å². The zero-order valence-corrected chi connectivity index (χ0v) is 21.3. The Balaban J connectivity index is 1.23. The predicted molar refractivity (Wildman–Crippen MR) is 147 cm³/mol. The van der Waals surface area contributed by atoms with E-state index in [1.165, 1.54) is 51.6 Å². The predicted octanol–water partition coefficient (Wildman–Crippen LogP) is 1.57. The van der Waals surface area contributed by atoms with Crippen LogP contribution in [0.4, 0.5) is 11.5 Å². The van der Waals surface area contributed by atoms with Gasteiger partial charge in [0.25, 0.3) is 5.91 Å². The number of hydrogen-bond donors (Lipinski definition) is 1. The minimum atomic E-state index is -0.193. The van der Waals surface area contributed by atoms with E-state index >= 15 is 0 Å². The van der Waals surface area contributed by atoms with Crippen LogP contribution in [0.3, 0.4) is 0 Å². The first-order valence-corrected chi connectivity index (χ1v) is 13.4. The summed E-state index contributed by atoms with van der Waals surface area (Å²) < 4.78 is 0. The van der Waals surface area contributed by atoms with Gasteiger partial charge in [-0.25, -0.2) is 4.98 Å². The molecule has 1 aliphatic carbocycles. The quantitative estimate of drug-likeness (QED) is 0.667. The normalized spacial score (nSPS) is 22.7. The van der Waals surface area contributed by atoms with Crippen molar-refractivity contribution in [2.45, 2.75) is 62.4 Å². The van der Waals surface area contributed by atoms with Crippen LogP contribution in [0.25, 0.3) is 0 Å². The Bertz CT molecular complexity index is 992. The Hall–Kier alpha value is -2.38. The van der Waals surface area contributed by atoms with Crippen LogP contribution in [0.5, 0.6) is 0 Å². The molecule has 3 aliphatic rings. The second-order valence-electron chi connectivity index (χ2n) is 11.0. The lowest BCUT2D eigenvalue weighted by molar-refractivity contribution is 0.0881. The lowest BCUT2D eigenvalue weighted by atomic mass is 9.59. The van der Waals surface area contributed by atoms with E-state index in [9.17, 15) is 4.79 Å². The van der Waals surface area contributed by atoms with E-state index < -0.39 is 0 Å². The summed E-state index contributed by atoms with van der Waals surface area (Å²) in [7, 11) is 4.62. The molecule has 35 heavy (non-hydrogen) atoms. The van der Waals surface area contributed by atoms with Gasteiger partial charge >= 0.3 is 0 Å². The van der Waals surface area contributed by atoms with Crippen LogP contribution in [0.2, 0.25) is 0 Å². The maximum absolute atomic E-state index is 12.8. The van der Waals surface area contributed by atoms with E-state index in [-0.39, 0.29) is 11.2 Å². The number of aromatic nitrogens is 2. The van der Waals surface area contributed by atoms with Gasteiger partial charge in [-0.3, -0.25) is 14.7 Å². The number of carbonyl (C=O) groups excluding carboxylic acids is 1. The summed E-state index contributed by atoms with van der Waals surface area (Å²) in [6.07, 6.45) is 12.7. The number of hydrogen-bond acceptors (Lipinski definition) is 6. The molecule has 1 saturated carbocycles. The maximum Gasteiger partial charge on any atom is 0.274 e. The third-order valence-electron chi connectivity index (χ3n) is 8.39. The molecular formula is C26H38B2N6O.